The van der Waals surface area contributed by atoms with Crippen molar-refractivity contribution in [3.05, 3.63) is 60.4 Å². The number of imidazole rings is 1. The molecule has 0 bridgehead atoms. The first-order valence-electron chi connectivity index (χ1n) is 6.94. The summed E-state index contributed by atoms with van der Waals surface area (Å²) in [6.07, 6.45) is 0. The second kappa shape index (κ2) is 5.44. The van der Waals surface area contributed by atoms with Crippen LogP contribution in [0.25, 0.3) is 22.5 Å². The van der Waals surface area contributed by atoms with Gasteiger partial charge in [0.15, 0.2) is 0 Å². The molecule has 0 fully saturated rings. The van der Waals surface area contributed by atoms with Gasteiger partial charge in [-0.1, -0.05) is 30.3 Å². The predicted octanol–water partition coefficient (Wildman–Crippen LogP) is 4.07. The number of aromatic nitrogens is 2. The molecular formula is C18H18N2O. The van der Waals surface area contributed by atoms with Crippen LogP contribution in [-0.4, -0.2) is 16.7 Å². The Morgan fingerprint density at radius 2 is 1.57 bits per heavy atom. The second-order valence-electron chi connectivity index (χ2n) is 5.01. The summed E-state index contributed by atoms with van der Waals surface area (Å²) < 4.78 is 7.36. The molecule has 0 spiro atoms. The zero-order chi connectivity index (χ0) is 14.8. The Morgan fingerprint density at radius 3 is 2.19 bits per heavy atom. The van der Waals surface area contributed by atoms with E-state index in [0.717, 1.165) is 28.5 Å². The molecule has 0 radical (unpaired) electrons. The van der Waals surface area contributed by atoms with Crippen LogP contribution < -0.4 is 4.74 Å². The third-order valence-electron chi connectivity index (χ3n) is 3.73. The summed E-state index contributed by atoms with van der Waals surface area (Å²) in [7, 11) is 3.73. The Bertz CT molecular complexity index is 743. The van der Waals surface area contributed by atoms with E-state index in [2.05, 4.69) is 35.9 Å². The Kier molecular flexibility index (Phi) is 3.48. The molecule has 1 aromatic heterocycles. The van der Waals surface area contributed by atoms with Crippen molar-refractivity contribution in [2.45, 2.75) is 6.92 Å². The minimum absolute atomic E-state index is 0.854. The number of rotatable bonds is 3. The second-order valence-corrected chi connectivity index (χ2v) is 5.01. The molecule has 0 unspecified atom stereocenters. The Balaban J connectivity index is 2.16. The minimum Gasteiger partial charge on any atom is -0.497 e. The van der Waals surface area contributed by atoms with Crippen molar-refractivity contribution >= 4 is 0 Å². The average molecular weight is 278 g/mol. The minimum atomic E-state index is 0.854. The average Bonchev–Trinajstić information content (AvgIpc) is 2.84. The highest BCUT2D eigenvalue weighted by molar-refractivity contribution is 5.79. The van der Waals surface area contributed by atoms with E-state index in [-0.39, 0.29) is 0 Å². The van der Waals surface area contributed by atoms with Crippen LogP contribution in [0, 0.1) is 6.92 Å². The van der Waals surface area contributed by atoms with Crippen molar-refractivity contribution in [1.82, 2.24) is 9.55 Å². The third-order valence-corrected chi connectivity index (χ3v) is 3.73. The van der Waals surface area contributed by atoms with Gasteiger partial charge in [0.2, 0.25) is 0 Å². The summed E-state index contributed by atoms with van der Waals surface area (Å²) >= 11 is 0. The normalized spacial score (nSPS) is 10.6. The van der Waals surface area contributed by atoms with Crippen LogP contribution in [-0.2, 0) is 7.05 Å². The molecule has 106 valence electrons. The number of ether oxygens (including phenoxy) is 1. The summed E-state index contributed by atoms with van der Waals surface area (Å²) in [4.78, 5) is 4.73. The maximum Gasteiger partial charge on any atom is 0.118 e. The first-order chi connectivity index (χ1) is 10.2. The van der Waals surface area contributed by atoms with Gasteiger partial charge in [-0.25, -0.2) is 4.98 Å². The zero-order valence-electron chi connectivity index (χ0n) is 12.5. The van der Waals surface area contributed by atoms with Crippen LogP contribution in [0.15, 0.2) is 54.6 Å². The van der Waals surface area contributed by atoms with E-state index in [1.807, 2.05) is 37.3 Å². The van der Waals surface area contributed by atoms with E-state index in [1.165, 1.54) is 5.56 Å². The van der Waals surface area contributed by atoms with Crippen LogP contribution in [0.3, 0.4) is 0 Å². The van der Waals surface area contributed by atoms with Gasteiger partial charge in [0.1, 0.15) is 11.6 Å². The van der Waals surface area contributed by atoms with Gasteiger partial charge in [-0.05, 0) is 31.2 Å². The molecule has 0 N–H and O–H groups in total. The van der Waals surface area contributed by atoms with Crippen molar-refractivity contribution in [2.24, 2.45) is 7.05 Å². The molecule has 0 aliphatic rings. The topological polar surface area (TPSA) is 27.1 Å². The number of hydrogen-bond acceptors (Lipinski definition) is 2. The molecule has 3 heteroatoms. The molecule has 3 aromatic rings. The molecular weight excluding hydrogens is 260 g/mol. The van der Waals surface area contributed by atoms with E-state index in [0.29, 0.717) is 0 Å². The molecule has 0 saturated heterocycles. The SMILES string of the molecule is COc1ccc(-c2nc(C)n(C)c2-c2ccccc2)cc1. The summed E-state index contributed by atoms with van der Waals surface area (Å²) in [5.41, 5.74) is 4.41. The van der Waals surface area contributed by atoms with Crippen molar-refractivity contribution in [2.75, 3.05) is 7.11 Å². The lowest BCUT2D eigenvalue weighted by molar-refractivity contribution is 0.415. The molecule has 3 rings (SSSR count). The summed E-state index contributed by atoms with van der Waals surface area (Å²) in [6, 6.07) is 18.4. The van der Waals surface area contributed by atoms with Gasteiger partial charge in [-0.3, -0.25) is 0 Å². The molecule has 21 heavy (non-hydrogen) atoms. The van der Waals surface area contributed by atoms with Crippen LogP contribution in [0.2, 0.25) is 0 Å². The fourth-order valence-electron chi connectivity index (χ4n) is 2.49. The Labute approximate surface area is 124 Å². The van der Waals surface area contributed by atoms with Gasteiger partial charge in [0.05, 0.1) is 18.5 Å². The molecule has 0 amide bonds. The lowest BCUT2D eigenvalue weighted by atomic mass is 10.0. The lowest BCUT2D eigenvalue weighted by Gasteiger charge is -2.07. The smallest absolute Gasteiger partial charge is 0.118 e. The number of benzene rings is 2. The van der Waals surface area contributed by atoms with Crippen LogP contribution in [0.4, 0.5) is 0 Å². The predicted molar refractivity (Wildman–Crippen MR) is 85.4 cm³/mol. The van der Waals surface area contributed by atoms with E-state index in [9.17, 15) is 0 Å². The molecule has 0 saturated carbocycles. The van der Waals surface area contributed by atoms with Gasteiger partial charge in [0.25, 0.3) is 0 Å². The number of aryl methyl sites for hydroxylation is 1. The zero-order valence-corrected chi connectivity index (χ0v) is 12.5. The number of nitrogens with zero attached hydrogens (tertiary/aromatic N) is 2. The van der Waals surface area contributed by atoms with Crippen molar-refractivity contribution < 1.29 is 4.74 Å². The molecule has 1 heterocycles. The van der Waals surface area contributed by atoms with Crippen molar-refractivity contribution in [3.63, 3.8) is 0 Å². The van der Waals surface area contributed by atoms with Gasteiger partial charge in [0, 0.05) is 18.2 Å². The maximum absolute atomic E-state index is 5.22. The molecule has 2 aromatic carbocycles. The Morgan fingerprint density at radius 1 is 0.905 bits per heavy atom. The monoisotopic (exact) mass is 278 g/mol. The highest BCUT2D eigenvalue weighted by Crippen LogP contribution is 2.32. The first-order valence-corrected chi connectivity index (χ1v) is 6.94. The largest absolute Gasteiger partial charge is 0.497 e. The third kappa shape index (κ3) is 2.42. The fourth-order valence-corrected chi connectivity index (χ4v) is 2.49. The summed E-state index contributed by atoms with van der Waals surface area (Å²) in [5, 5.41) is 0. The van der Waals surface area contributed by atoms with E-state index in [1.54, 1.807) is 7.11 Å². The molecule has 0 aliphatic carbocycles. The van der Waals surface area contributed by atoms with Crippen LogP contribution in [0.1, 0.15) is 5.82 Å². The molecule has 0 atom stereocenters. The van der Waals surface area contributed by atoms with Gasteiger partial charge in [-0.15, -0.1) is 0 Å². The highest BCUT2D eigenvalue weighted by Gasteiger charge is 2.15. The van der Waals surface area contributed by atoms with Crippen LogP contribution >= 0.6 is 0 Å². The molecule has 0 aliphatic heterocycles. The van der Waals surface area contributed by atoms with E-state index >= 15 is 0 Å². The standard InChI is InChI=1S/C18H18N2O/c1-13-19-17(14-9-11-16(21-3)12-10-14)18(20(13)2)15-7-5-4-6-8-15/h4-12H,1-3H3. The lowest BCUT2D eigenvalue weighted by Crippen LogP contribution is -1.94. The maximum atomic E-state index is 5.22. The van der Waals surface area contributed by atoms with Gasteiger partial charge in [-0.2, -0.15) is 0 Å². The number of methoxy groups -OCH3 is 1. The quantitative estimate of drug-likeness (QED) is 0.722. The highest BCUT2D eigenvalue weighted by atomic mass is 16.5. The summed E-state index contributed by atoms with van der Waals surface area (Å²) in [5.74, 6) is 1.85. The molecule has 3 nitrogen and oxygen atoms in total. The van der Waals surface area contributed by atoms with E-state index in [4.69, 9.17) is 9.72 Å². The van der Waals surface area contributed by atoms with Gasteiger partial charge < -0.3 is 9.30 Å². The first kappa shape index (κ1) is 13.4. The summed E-state index contributed by atoms with van der Waals surface area (Å²) in [6.45, 7) is 2.03. The van der Waals surface area contributed by atoms with Crippen molar-refractivity contribution in [1.29, 1.82) is 0 Å². The fraction of sp³-hybridized carbons (Fsp3) is 0.167. The van der Waals surface area contributed by atoms with Crippen LogP contribution in [0.5, 0.6) is 5.75 Å². The van der Waals surface area contributed by atoms with Gasteiger partial charge >= 0.3 is 0 Å². The van der Waals surface area contributed by atoms with Crippen molar-refractivity contribution in [3.8, 4) is 28.3 Å². The Hall–Kier alpha value is -2.55. The number of hydrogen-bond donors (Lipinski definition) is 0. The van der Waals surface area contributed by atoms with E-state index < -0.39 is 0 Å².